The molecule has 0 saturated carbocycles. The van der Waals surface area contributed by atoms with Crippen LogP contribution in [0, 0.1) is 0 Å². The molecule has 0 spiro atoms. The lowest BCUT2D eigenvalue weighted by Crippen LogP contribution is -2.30. The van der Waals surface area contributed by atoms with Gasteiger partial charge >= 0.3 is 0 Å². The van der Waals surface area contributed by atoms with Crippen LogP contribution in [0.1, 0.15) is 5.56 Å². The fraction of sp³-hybridized carbons (Fsp3) is 0.286. The molecule has 0 amide bonds. The highest BCUT2D eigenvalue weighted by molar-refractivity contribution is 6.18. The van der Waals surface area contributed by atoms with Crippen molar-refractivity contribution in [3.63, 3.8) is 0 Å². The molecule has 0 aliphatic heterocycles. The second-order valence-electron chi connectivity index (χ2n) is 4.38. The molecule has 4 nitrogen and oxygen atoms in total. The standard InChI is InChI=1S/C14H16ClN3O/c1-18-8-7-16-13(14(18)19)17-12(10-15)9-11-5-3-2-4-6-11/h2-8,12H,9-10H2,1H3,(H,16,17). The number of hydrogen-bond donors (Lipinski definition) is 1. The van der Waals surface area contributed by atoms with Crippen molar-refractivity contribution >= 4 is 17.4 Å². The molecule has 1 atom stereocenters. The minimum Gasteiger partial charge on any atom is -0.361 e. The Kier molecular flexibility index (Phi) is 4.58. The largest absolute Gasteiger partial charge is 0.361 e. The zero-order chi connectivity index (χ0) is 13.7. The van der Waals surface area contributed by atoms with E-state index < -0.39 is 0 Å². The van der Waals surface area contributed by atoms with Crippen LogP contribution in [-0.2, 0) is 13.5 Å². The average Bonchev–Trinajstić information content (AvgIpc) is 2.44. The molecule has 1 N–H and O–H groups in total. The maximum absolute atomic E-state index is 11.9. The summed E-state index contributed by atoms with van der Waals surface area (Å²) in [5, 5.41) is 3.11. The monoisotopic (exact) mass is 277 g/mol. The molecule has 100 valence electrons. The first-order valence-corrected chi connectivity index (χ1v) is 6.62. The number of nitrogens with one attached hydrogen (secondary N) is 1. The number of anilines is 1. The van der Waals surface area contributed by atoms with Gasteiger partial charge in [-0.3, -0.25) is 4.79 Å². The number of alkyl halides is 1. The van der Waals surface area contributed by atoms with Gasteiger partial charge in [-0.1, -0.05) is 30.3 Å². The molecule has 19 heavy (non-hydrogen) atoms. The topological polar surface area (TPSA) is 46.9 Å². The molecular weight excluding hydrogens is 262 g/mol. The molecule has 2 rings (SSSR count). The maximum atomic E-state index is 11.9. The number of aromatic nitrogens is 2. The van der Waals surface area contributed by atoms with Gasteiger partial charge in [0.15, 0.2) is 5.82 Å². The summed E-state index contributed by atoms with van der Waals surface area (Å²) in [5.74, 6) is 0.751. The van der Waals surface area contributed by atoms with E-state index in [1.165, 1.54) is 10.1 Å². The van der Waals surface area contributed by atoms with Gasteiger partial charge in [0.25, 0.3) is 5.56 Å². The zero-order valence-electron chi connectivity index (χ0n) is 10.7. The first-order chi connectivity index (χ1) is 9.20. The van der Waals surface area contributed by atoms with Crippen LogP contribution in [0.3, 0.4) is 0 Å². The number of aryl methyl sites for hydroxylation is 1. The van der Waals surface area contributed by atoms with Crippen LogP contribution >= 0.6 is 11.6 Å². The summed E-state index contributed by atoms with van der Waals surface area (Å²) >= 11 is 5.96. The van der Waals surface area contributed by atoms with Crippen LogP contribution in [0.4, 0.5) is 5.82 Å². The van der Waals surface area contributed by atoms with Crippen LogP contribution in [0.5, 0.6) is 0 Å². The van der Waals surface area contributed by atoms with Crippen LogP contribution in [0.25, 0.3) is 0 Å². The van der Waals surface area contributed by atoms with Crippen LogP contribution < -0.4 is 10.9 Å². The van der Waals surface area contributed by atoms with E-state index in [2.05, 4.69) is 10.3 Å². The highest BCUT2D eigenvalue weighted by Gasteiger charge is 2.11. The van der Waals surface area contributed by atoms with Crippen LogP contribution in [0.15, 0.2) is 47.5 Å². The summed E-state index contributed by atoms with van der Waals surface area (Å²) in [5.41, 5.74) is 1.03. The third kappa shape index (κ3) is 3.58. The average molecular weight is 278 g/mol. The zero-order valence-corrected chi connectivity index (χ0v) is 11.5. The van der Waals surface area contributed by atoms with E-state index in [1.54, 1.807) is 19.4 Å². The Hall–Kier alpha value is -1.81. The predicted molar refractivity (Wildman–Crippen MR) is 77.8 cm³/mol. The lowest BCUT2D eigenvalue weighted by molar-refractivity contribution is 0.772. The van der Waals surface area contributed by atoms with Crippen LogP contribution in [0.2, 0.25) is 0 Å². The summed E-state index contributed by atoms with van der Waals surface area (Å²) in [6.45, 7) is 0. The van der Waals surface area contributed by atoms with Crippen molar-refractivity contribution in [3.8, 4) is 0 Å². The minimum atomic E-state index is -0.148. The summed E-state index contributed by atoms with van der Waals surface area (Å²) < 4.78 is 1.49. The van der Waals surface area contributed by atoms with E-state index in [0.29, 0.717) is 11.7 Å². The molecule has 1 unspecified atom stereocenters. The van der Waals surface area contributed by atoms with Gasteiger partial charge in [0, 0.05) is 31.4 Å². The number of nitrogens with zero attached hydrogens (tertiary/aromatic N) is 2. The third-order valence-electron chi connectivity index (χ3n) is 2.87. The number of benzene rings is 1. The molecule has 0 bridgehead atoms. The smallest absolute Gasteiger partial charge is 0.293 e. The van der Waals surface area contributed by atoms with Crippen molar-refractivity contribution in [3.05, 3.63) is 58.6 Å². The molecule has 1 heterocycles. The quantitative estimate of drug-likeness (QED) is 0.851. The molecule has 0 fully saturated rings. The Bertz CT molecular complexity index is 583. The first-order valence-electron chi connectivity index (χ1n) is 6.08. The Balaban J connectivity index is 2.11. The fourth-order valence-corrected chi connectivity index (χ4v) is 2.02. The number of rotatable bonds is 5. The van der Waals surface area contributed by atoms with E-state index in [-0.39, 0.29) is 11.6 Å². The number of halogens is 1. The van der Waals surface area contributed by atoms with Crippen LogP contribution in [-0.4, -0.2) is 21.5 Å². The van der Waals surface area contributed by atoms with Gasteiger partial charge in [-0.2, -0.15) is 0 Å². The summed E-state index contributed by atoms with van der Waals surface area (Å²) in [4.78, 5) is 15.9. The van der Waals surface area contributed by atoms with Gasteiger partial charge in [0.2, 0.25) is 0 Å². The Morgan fingerprint density at radius 2 is 2.11 bits per heavy atom. The molecular formula is C14H16ClN3O. The van der Waals surface area contributed by atoms with E-state index in [9.17, 15) is 4.79 Å². The highest BCUT2D eigenvalue weighted by Crippen LogP contribution is 2.07. The maximum Gasteiger partial charge on any atom is 0.293 e. The molecule has 1 aromatic heterocycles. The van der Waals surface area contributed by atoms with Crippen molar-refractivity contribution in [2.45, 2.75) is 12.5 Å². The minimum absolute atomic E-state index is 0.0216. The van der Waals surface area contributed by atoms with Crippen molar-refractivity contribution < 1.29 is 0 Å². The lowest BCUT2D eigenvalue weighted by atomic mass is 10.1. The Labute approximate surface area is 117 Å². The Morgan fingerprint density at radius 3 is 2.79 bits per heavy atom. The lowest BCUT2D eigenvalue weighted by Gasteiger charge is -2.16. The van der Waals surface area contributed by atoms with E-state index in [4.69, 9.17) is 11.6 Å². The molecule has 0 saturated heterocycles. The third-order valence-corrected chi connectivity index (χ3v) is 3.24. The van der Waals surface area contributed by atoms with Gasteiger partial charge in [0.1, 0.15) is 0 Å². The molecule has 1 aromatic carbocycles. The molecule has 0 radical (unpaired) electrons. The van der Waals surface area contributed by atoms with E-state index in [0.717, 1.165) is 6.42 Å². The second kappa shape index (κ2) is 6.38. The summed E-state index contributed by atoms with van der Waals surface area (Å²) in [6, 6.07) is 10.0. The highest BCUT2D eigenvalue weighted by atomic mass is 35.5. The Morgan fingerprint density at radius 1 is 1.37 bits per heavy atom. The van der Waals surface area contributed by atoms with Gasteiger partial charge in [-0.05, 0) is 12.0 Å². The van der Waals surface area contributed by atoms with Gasteiger partial charge < -0.3 is 9.88 Å². The predicted octanol–water partition coefficient (Wildman–Crippen LogP) is 2.04. The molecule has 5 heteroatoms. The van der Waals surface area contributed by atoms with Gasteiger partial charge in [0.05, 0.1) is 0 Å². The van der Waals surface area contributed by atoms with Crippen molar-refractivity contribution in [2.75, 3.05) is 11.2 Å². The number of hydrogen-bond acceptors (Lipinski definition) is 3. The molecule has 2 aromatic rings. The molecule has 0 aliphatic rings. The van der Waals surface area contributed by atoms with Gasteiger partial charge in [-0.15, -0.1) is 11.6 Å². The van der Waals surface area contributed by atoms with E-state index >= 15 is 0 Å². The van der Waals surface area contributed by atoms with Crippen molar-refractivity contribution in [2.24, 2.45) is 7.05 Å². The molecule has 0 aliphatic carbocycles. The fourth-order valence-electron chi connectivity index (χ4n) is 1.83. The SMILES string of the molecule is Cn1ccnc(NC(CCl)Cc2ccccc2)c1=O. The van der Waals surface area contributed by atoms with Crippen molar-refractivity contribution in [1.29, 1.82) is 0 Å². The summed E-state index contributed by atoms with van der Waals surface area (Å²) in [6.07, 6.45) is 3.97. The summed E-state index contributed by atoms with van der Waals surface area (Å²) in [7, 11) is 1.70. The first kappa shape index (κ1) is 13.6. The van der Waals surface area contributed by atoms with Gasteiger partial charge in [-0.25, -0.2) is 4.98 Å². The second-order valence-corrected chi connectivity index (χ2v) is 4.69. The van der Waals surface area contributed by atoms with Crippen molar-refractivity contribution in [1.82, 2.24) is 9.55 Å². The van der Waals surface area contributed by atoms with E-state index in [1.807, 2.05) is 30.3 Å². The normalized spacial score (nSPS) is 12.1.